The molecule has 1 aromatic rings. The van der Waals surface area contributed by atoms with Crippen LogP contribution in [0.25, 0.3) is 0 Å². The molecule has 0 N–H and O–H groups in total. The lowest BCUT2D eigenvalue weighted by atomic mass is 10.1. The molecule has 0 amide bonds. The summed E-state index contributed by atoms with van der Waals surface area (Å²) in [6, 6.07) is 2.48. The Balaban J connectivity index is 3.13. The van der Waals surface area contributed by atoms with Crippen LogP contribution >= 0.6 is 11.6 Å². The van der Waals surface area contributed by atoms with Crippen LogP contribution in [-0.2, 0) is 15.7 Å². The number of esters is 1. The Kier molecular flexibility index (Phi) is 4.34. The van der Waals surface area contributed by atoms with Crippen LogP contribution < -0.4 is 0 Å². The molecule has 0 aromatic heterocycles. The Morgan fingerprint density at radius 2 is 1.94 bits per heavy atom. The number of rotatable bonds is 3. The van der Waals surface area contributed by atoms with Gasteiger partial charge in [-0.2, -0.15) is 13.2 Å². The molecule has 3 nitrogen and oxygen atoms in total. The van der Waals surface area contributed by atoms with Gasteiger partial charge in [0.2, 0.25) is 0 Å². The van der Waals surface area contributed by atoms with E-state index in [1.54, 1.807) is 0 Å². The first-order chi connectivity index (χ1) is 8.27. The maximum Gasteiger partial charge on any atom is 0.417 e. The van der Waals surface area contributed by atoms with Crippen molar-refractivity contribution < 1.29 is 27.5 Å². The monoisotopic (exact) mass is 280 g/mol. The minimum atomic E-state index is -4.69. The third-order valence-electron chi connectivity index (χ3n) is 1.99. The molecular weight excluding hydrogens is 273 g/mol. The zero-order valence-corrected chi connectivity index (χ0v) is 9.93. The van der Waals surface area contributed by atoms with E-state index in [9.17, 15) is 22.8 Å². The van der Waals surface area contributed by atoms with Gasteiger partial charge in [0.25, 0.3) is 5.78 Å². The number of ketones is 1. The maximum absolute atomic E-state index is 12.5. The van der Waals surface area contributed by atoms with Crippen molar-refractivity contribution in [2.24, 2.45) is 0 Å². The predicted octanol–water partition coefficient (Wildman–Crippen LogP) is 3.10. The van der Waals surface area contributed by atoms with Gasteiger partial charge in [0, 0.05) is 5.56 Å². The van der Waals surface area contributed by atoms with Gasteiger partial charge < -0.3 is 4.74 Å². The van der Waals surface area contributed by atoms with E-state index in [0.29, 0.717) is 6.07 Å². The average molecular weight is 281 g/mol. The van der Waals surface area contributed by atoms with Gasteiger partial charge in [-0.1, -0.05) is 11.6 Å². The number of carbonyl (C=O) groups is 2. The van der Waals surface area contributed by atoms with E-state index in [-0.39, 0.29) is 6.61 Å². The topological polar surface area (TPSA) is 43.4 Å². The van der Waals surface area contributed by atoms with Crippen LogP contribution in [0, 0.1) is 0 Å². The first kappa shape index (κ1) is 14.5. The van der Waals surface area contributed by atoms with Gasteiger partial charge in [-0.25, -0.2) is 4.79 Å². The summed E-state index contributed by atoms with van der Waals surface area (Å²) in [4.78, 5) is 22.5. The van der Waals surface area contributed by atoms with Gasteiger partial charge in [0.05, 0.1) is 17.2 Å². The van der Waals surface area contributed by atoms with Crippen molar-refractivity contribution in [2.75, 3.05) is 6.61 Å². The maximum atomic E-state index is 12.5. The molecule has 0 atom stereocenters. The molecule has 1 aromatic carbocycles. The Morgan fingerprint density at radius 3 is 2.44 bits per heavy atom. The number of hydrogen-bond donors (Lipinski definition) is 0. The second-order valence-corrected chi connectivity index (χ2v) is 3.65. The third kappa shape index (κ3) is 3.22. The van der Waals surface area contributed by atoms with E-state index < -0.39 is 34.1 Å². The molecule has 0 saturated carbocycles. The summed E-state index contributed by atoms with van der Waals surface area (Å²) >= 11 is 5.38. The molecule has 0 unspecified atom stereocenters. The van der Waals surface area contributed by atoms with Crippen LogP contribution in [0.15, 0.2) is 18.2 Å². The molecular formula is C11H8ClF3O3. The Morgan fingerprint density at radius 1 is 1.33 bits per heavy atom. The molecule has 0 aliphatic rings. The molecule has 18 heavy (non-hydrogen) atoms. The lowest BCUT2D eigenvalue weighted by Gasteiger charge is -2.10. The fourth-order valence-corrected chi connectivity index (χ4v) is 1.42. The first-order valence-corrected chi connectivity index (χ1v) is 5.23. The van der Waals surface area contributed by atoms with E-state index in [1.807, 2.05) is 0 Å². The third-order valence-corrected chi connectivity index (χ3v) is 2.32. The second-order valence-electron chi connectivity index (χ2n) is 3.24. The fourth-order valence-electron chi connectivity index (χ4n) is 1.20. The van der Waals surface area contributed by atoms with Crippen molar-refractivity contribution in [1.82, 2.24) is 0 Å². The number of benzene rings is 1. The van der Waals surface area contributed by atoms with Gasteiger partial charge in [-0.15, -0.1) is 0 Å². The minimum absolute atomic E-state index is 0.0374. The van der Waals surface area contributed by atoms with Crippen LogP contribution in [0.2, 0.25) is 5.02 Å². The average Bonchev–Trinajstić information content (AvgIpc) is 2.27. The van der Waals surface area contributed by atoms with Gasteiger partial charge in [-0.3, -0.25) is 4.79 Å². The smallest absolute Gasteiger partial charge is 0.417 e. The highest BCUT2D eigenvalue weighted by molar-refractivity contribution is 6.41. The molecule has 0 heterocycles. The van der Waals surface area contributed by atoms with Gasteiger partial charge >= 0.3 is 12.1 Å². The molecule has 98 valence electrons. The highest BCUT2D eigenvalue weighted by Crippen LogP contribution is 2.35. The van der Waals surface area contributed by atoms with Crippen LogP contribution in [0.1, 0.15) is 22.8 Å². The Bertz CT molecular complexity index is 483. The van der Waals surface area contributed by atoms with Crippen molar-refractivity contribution in [3.8, 4) is 0 Å². The molecule has 0 fully saturated rings. The lowest BCUT2D eigenvalue weighted by molar-refractivity contribution is -0.138. The number of ether oxygens (including phenoxy) is 1. The van der Waals surface area contributed by atoms with E-state index >= 15 is 0 Å². The normalized spacial score (nSPS) is 11.2. The van der Waals surface area contributed by atoms with Crippen LogP contribution in [0.5, 0.6) is 0 Å². The molecule has 0 saturated heterocycles. The number of carbonyl (C=O) groups excluding carboxylic acids is 2. The van der Waals surface area contributed by atoms with Crippen molar-refractivity contribution in [1.29, 1.82) is 0 Å². The van der Waals surface area contributed by atoms with Crippen LogP contribution in [0.4, 0.5) is 13.2 Å². The Hall–Kier alpha value is -1.56. The summed E-state index contributed by atoms with van der Waals surface area (Å²) in [5, 5.41) is -0.539. The standard InChI is InChI=1S/C11H8ClF3O3/c1-2-18-10(17)9(16)6-3-4-8(12)7(5-6)11(13,14)15/h3-5H,2H2,1H3. The number of alkyl halides is 3. The summed E-state index contributed by atoms with van der Waals surface area (Å²) in [6.45, 7) is 1.44. The summed E-state index contributed by atoms with van der Waals surface area (Å²) in [7, 11) is 0. The summed E-state index contributed by atoms with van der Waals surface area (Å²) in [6.07, 6.45) is -4.69. The quantitative estimate of drug-likeness (QED) is 0.485. The summed E-state index contributed by atoms with van der Waals surface area (Å²) in [5.74, 6) is -2.34. The number of halogens is 4. The summed E-state index contributed by atoms with van der Waals surface area (Å²) in [5.41, 5.74) is -1.58. The minimum Gasteiger partial charge on any atom is -0.460 e. The zero-order valence-electron chi connectivity index (χ0n) is 9.18. The van der Waals surface area contributed by atoms with Gasteiger partial charge in [0.1, 0.15) is 0 Å². The number of Topliss-reactive ketones (excluding diaryl/α,β-unsaturated/α-hetero) is 1. The fraction of sp³-hybridized carbons (Fsp3) is 0.273. The molecule has 0 aliphatic carbocycles. The molecule has 7 heteroatoms. The van der Waals surface area contributed by atoms with E-state index in [2.05, 4.69) is 4.74 Å². The van der Waals surface area contributed by atoms with Crippen molar-refractivity contribution >= 4 is 23.4 Å². The lowest BCUT2D eigenvalue weighted by Crippen LogP contribution is -2.18. The van der Waals surface area contributed by atoms with Crippen molar-refractivity contribution in [3.05, 3.63) is 34.3 Å². The molecule has 1 rings (SSSR count). The molecule has 0 radical (unpaired) electrons. The SMILES string of the molecule is CCOC(=O)C(=O)c1ccc(Cl)c(C(F)(F)F)c1. The van der Waals surface area contributed by atoms with E-state index in [0.717, 1.165) is 12.1 Å². The highest BCUT2D eigenvalue weighted by Gasteiger charge is 2.34. The zero-order chi connectivity index (χ0) is 13.9. The highest BCUT2D eigenvalue weighted by atomic mass is 35.5. The molecule has 0 bridgehead atoms. The number of hydrogen-bond acceptors (Lipinski definition) is 3. The largest absolute Gasteiger partial charge is 0.460 e. The van der Waals surface area contributed by atoms with Crippen LogP contribution in [0.3, 0.4) is 0 Å². The van der Waals surface area contributed by atoms with E-state index in [4.69, 9.17) is 11.6 Å². The van der Waals surface area contributed by atoms with Crippen molar-refractivity contribution in [2.45, 2.75) is 13.1 Å². The molecule has 0 aliphatic heterocycles. The molecule has 0 spiro atoms. The van der Waals surface area contributed by atoms with Gasteiger partial charge in [0.15, 0.2) is 0 Å². The second kappa shape index (κ2) is 5.39. The predicted molar refractivity (Wildman–Crippen MR) is 57.4 cm³/mol. The van der Waals surface area contributed by atoms with Crippen molar-refractivity contribution in [3.63, 3.8) is 0 Å². The first-order valence-electron chi connectivity index (χ1n) is 4.85. The Labute approximate surface area is 105 Å². The van der Waals surface area contributed by atoms with Crippen LogP contribution in [-0.4, -0.2) is 18.4 Å². The summed E-state index contributed by atoms with van der Waals surface area (Å²) < 4.78 is 42.0. The van der Waals surface area contributed by atoms with Gasteiger partial charge in [-0.05, 0) is 25.1 Å². The van der Waals surface area contributed by atoms with E-state index in [1.165, 1.54) is 6.92 Å².